The molecule has 0 aliphatic carbocycles. The second-order valence-electron chi connectivity index (χ2n) is 4.20. The van der Waals surface area contributed by atoms with Gasteiger partial charge in [0.25, 0.3) is 0 Å². The van der Waals surface area contributed by atoms with Crippen LogP contribution in [0, 0.1) is 0 Å². The van der Waals surface area contributed by atoms with E-state index in [4.69, 9.17) is 0 Å². The largest absolute Gasteiger partial charge is 0.300 e. The minimum absolute atomic E-state index is 0.684. The average Bonchev–Trinajstić information content (AvgIpc) is 2.44. The second kappa shape index (κ2) is 3.62. The molecule has 0 spiro atoms. The number of nitrogens with zero attached hydrogens (tertiary/aromatic N) is 2. The van der Waals surface area contributed by atoms with Crippen molar-refractivity contribution in [2.75, 3.05) is 13.1 Å². The Morgan fingerprint density at radius 1 is 1.31 bits per heavy atom. The average molecular weight is 178 g/mol. The zero-order valence-electron chi connectivity index (χ0n) is 8.58. The fraction of sp³-hybridized carbons (Fsp3) is 0.727. The van der Waals surface area contributed by atoms with E-state index < -0.39 is 0 Å². The fourth-order valence-electron chi connectivity index (χ4n) is 2.12. The lowest BCUT2D eigenvalue weighted by molar-refractivity contribution is 0.232. The maximum absolute atomic E-state index is 4.44. The Morgan fingerprint density at radius 2 is 2.08 bits per heavy atom. The van der Waals surface area contributed by atoms with Gasteiger partial charge in [-0.3, -0.25) is 4.99 Å². The third-order valence-corrected chi connectivity index (χ3v) is 3.06. The fourth-order valence-corrected chi connectivity index (χ4v) is 2.12. The van der Waals surface area contributed by atoms with Gasteiger partial charge in [-0.2, -0.15) is 0 Å². The maximum Gasteiger partial charge on any atom is 0.0408 e. The summed E-state index contributed by atoms with van der Waals surface area (Å²) in [7, 11) is 0. The first-order chi connectivity index (χ1) is 6.27. The molecule has 0 aromatic carbocycles. The summed E-state index contributed by atoms with van der Waals surface area (Å²) >= 11 is 0. The molecule has 0 radical (unpaired) electrons. The monoisotopic (exact) mass is 178 g/mol. The first-order valence-electron chi connectivity index (χ1n) is 5.25. The van der Waals surface area contributed by atoms with Gasteiger partial charge in [0, 0.05) is 43.9 Å². The highest BCUT2D eigenvalue weighted by Crippen LogP contribution is 2.26. The maximum atomic E-state index is 4.44. The number of rotatable bonds is 1. The standard InChI is InChI=1S/C11H18N2/c1-9(2)13-7-4-10-3-6-12-11(10)5-8-13/h6,9H,3-5,7-8H2,1-2H3. The molecule has 2 heteroatoms. The number of hydrogen-bond donors (Lipinski definition) is 0. The Bertz CT molecular complexity index is 251. The van der Waals surface area contributed by atoms with Gasteiger partial charge in [-0.15, -0.1) is 0 Å². The van der Waals surface area contributed by atoms with Gasteiger partial charge in [0.1, 0.15) is 0 Å². The van der Waals surface area contributed by atoms with Crippen molar-refractivity contribution in [2.45, 2.75) is 39.2 Å². The molecule has 0 fully saturated rings. The molecule has 2 aliphatic rings. The molecule has 0 amide bonds. The van der Waals surface area contributed by atoms with E-state index in [9.17, 15) is 0 Å². The van der Waals surface area contributed by atoms with Crippen molar-refractivity contribution in [1.82, 2.24) is 4.90 Å². The first-order valence-corrected chi connectivity index (χ1v) is 5.25. The summed E-state index contributed by atoms with van der Waals surface area (Å²) in [4.78, 5) is 6.99. The van der Waals surface area contributed by atoms with E-state index in [1.165, 1.54) is 25.2 Å². The molecule has 0 N–H and O–H groups in total. The van der Waals surface area contributed by atoms with Crippen LogP contribution in [0.2, 0.25) is 0 Å². The van der Waals surface area contributed by atoms with Crippen molar-refractivity contribution in [3.63, 3.8) is 0 Å². The summed E-state index contributed by atoms with van der Waals surface area (Å²) in [5.41, 5.74) is 2.96. The van der Waals surface area contributed by atoms with Crippen LogP contribution < -0.4 is 0 Å². The quantitative estimate of drug-likeness (QED) is 0.601. The van der Waals surface area contributed by atoms with Crippen LogP contribution in [-0.4, -0.2) is 30.2 Å². The highest BCUT2D eigenvalue weighted by Gasteiger charge is 2.19. The zero-order valence-corrected chi connectivity index (χ0v) is 8.58. The van der Waals surface area contributed by atoms with Crippen LogP contribution in [-0.2, 0) is 0 Å². The van der Waals surface area contributed by atoms with Crippen molar-refractivity contribution in [2.24, 2.45) is 4.99 Å². The first kappa shape index (κ1) is 8.95. The van der Waals surface area contributed by atoms with Gasteiger partial charge in [-0.25, -0.2) is 0 Å². The van der Waals surface area contributed by atoms with E-state index in [1.54, 1.807) is 5.57 Å². The molecule has 2 nitrogen and oxygen atoms in total. The van der Waals surface area contributed by atoms with E-state index in [-0.39, 0.29) is 0 Å². The van der Waals surface area contributed by atoms with E-state index >= 15 is 0 Å². The molecule has 0 aromatic rings. The predicted molar refractivity (Wildman–Crippen MR) is 56.1 cm³/mol. The van der Waals surface area contributed by atoms with Gasteiger partial charge in [0.2, 0.25) is 0 Å². The van der Waals surface area contributed by atoms with Crippen LogP contribution in [0.15, 0.2) is 16.3 Å². The van der Waals surface area contributed by atoms with E-state index in [2.05, 4.69) is 30.0 Å². The summed E-state index contributed by atoms with van der Waals surface area (Å²) in [6.45, 7) is 6.97. The molecule has 0 aromatic heterocycles. The van der Waals surface area contributed by atoms with E-state index in [0.29, 0.717) is 6.04 Å². The summed E-state index contributed by atoms with van der Waals surface area (Å²) in [5, 5.41) is 0. The molecule has 0 bridgehead atoms. The third kappa shape index (κ3) is 1.83. The van der Waals surface area contributed by atoms with Gasteiger partial charge < -0.3 is 4.90 Å². The Kier molecular flexibility index (Phi) is 2.49. The lowest BCUT2D eigenvalue weighted by Crippen LogP contribution is -2.31. The molecule has 2 aliphatic heterocycles. The van der Waals surface area contributed by atoms with Crippen molar-refractivity contribution in [3.8, 4) is 0 Å². The van der Waals surface area contributed by atoms with Gasteiger partial charge >= 0.3 is 0 Å². The molecule has 0 saturated heterocycles. The van der Waals surface area contributed by atoms with Crippen molar-refractivity contribution < 1.29 is 0 Å². The molecule has 72 valence electrons. The van der Waals surface area contributed by atoms with Crippen LogP contribution in [0.1, 0.15) is 33.1 Å². The van der Waals surface area contributed by atoms with Crippen LogP contribution in [0.4, 0.5) is 0 Å². The SMILES string of the molecule is CC(C)N1CCC2=C(CC1)N=CC2. The molecule has 2 heterocycles. The number of aliphatic imine (C=N–C) groups is 1. The minimum atomic E-state index is 0.684. The highest BCUT2D eigenvalue weighted by atomic mass is 15.1. The van der Waals surface area contributed by atoms with Crippen LogP contribution in [0.5, 0.6) is 0 Å². The van der Waals surface area contributed by atoms with Gasteiger partial charge in [0.15, 0.2) is 0 Å². The molecule has 13 heavy (non-hydrogen) atoms. The van der Waals surface area contributed by atoms with Crippen LogP contribution in [0.3, 0.4) is 0 Å². The molecule has 0 unspecified atom stereocenters. The van der Waals surface area contributed by atoms with Gasteiger partial charge in [-0.1, -0.05) is 0 Å². The molecular formula is C11H18N2. The van der Waals surface area contributed by atoms with Crippen molar-refractivity contribution in [3.05, 3.63) is 11.3 Å². The lowest BCUT2D eigenvalue weighted by atomic mass is 10.1. The van der Waals surface area contributed by atoms with E-state index in [0.717, 1.165) is 12.8 Å². The summed E-state index contributed by atoms with van der Waals surface area (Å²) < 4.78 is 0. The van der Waals surface area contributed by atoms with Crippen molar-refractivity contribution in [1.29, 1.82) is 0 Å². The Morgan fingerprint density at radius 3 is 2.85 bits per heavy atom. The van der Waals surface area contributed by atoms with Gasteiger partial charge in [-0.05, 0) is 25.8 Å². The molecule has 0 saturated carbocycles. The Hall–Kier alpha value is -0.630. The molecular weight excluding hydrogens is 160 g/mol. The van der Waals surface area contributed by atoms with Gasteiger partial charge in [0.05, 0.1) is 0 Å². The Labute approximate surface area is 80.3 Å². The molecule has 2 rings (SSSR count). The second-order valence-corrected chi connectivity index (χ2v) is 4.20. The number of hydrogen-bond acceptors (Lipinski definition) is 2. The lowest BCUT2D eigenvalue weighted by Gasteiger charge is -2.24. The zero-order chi connectivity index (χ0) is 9.26. The highest BCUT2D eigenvalue weighted by molar-refractivity contribution is 5.67. The summed E-state index contributed by atoms with van der Waals surface area (Å²) in [5.74, 6) is 0. The van der Waals surface area contributed by atoms with Crippen LogP contribution in [0.25, 0.3) is 0 Å². The summed E-state index contributed by atoms with van der Waals surface area (Å²) in [6, 6.07) is 0.684. The van der Waals surface area contributed by atoms with Crippen molar-refractivity contribution >= 4 is 6.21 Å². The normalized spacial score (nSPS) is 23.9. The molecule has 0 atom stereocenters. The summed E-state index contributed by atoms with van der Waals surface area (Å²) in [6.07, 6.45) is 5.56. The topological polar surface area (TPSA) is 15.6 Å². The smallest absolute Gasteiger partial charge is 0.0408 e. The Balaban J connectivity index is 2.01. The van der Waals surface area contributed by atoms with Crippen LogP contribution >= 0.6 is 0 Å². The third-order valence-electron chi connectivity index (χ3n) is 3.06. The minimum Gasteiger partial charge on any atom is -0.300 e. The van der Waals surface area contributed by atoms with E-state index in [1.807, 2.05) is 0 Å². The predicted octanol–water partition coefficient (Wildman–Crippen LogP) is 2.22.